The normalized spacial score (nSPS) is 13.9. The molecule has 168 valence electrons. The quantitative estimate of drug-likeness (QED) is 0.418. The minimum atomic E-state index is -0.423. The summed E-state index contributed by atoms with van der Waals surface area (Å²) >= 11 is 3.29. The summed E-state index contributed by atoms with van der Waals surface area (Å²) in [5.74, 6) is -0.133. The van der Waals surface area contributed by atoms with Gasteiger partial charge in [-0.25, -0.2) is 4.39 Å². The number of halogens is 2. The maximum Gasteiger partial charge on any atom is 0.250 e. The minimum Gasteiger partial charge on any atom is -0.491 e. The third kappa shape index (κ3) is 6.18. The van der Waals surface area contributed by atoms with E-state index in [1.807, 2.05) is 6.07 Å². The third-order valence-corrected chi connectivity index (χ3v) is 5.98. The summed E-state index contributed by atoms with van der Waals surface area (Å²) in [5, 5.41) is 12.5. The molecule has 1 amide bonds. The monoisotopic (exact) mass is 493 g/mol. The number of amides is 1. The Morgan fingerprint density at radius 3 is 2.90 bits per heavy atom. The molecule has 0 bridgehead atoms. The highest BCUT2D eigenvalue weighted by Crippen LogP contribution is 2.33. The van der Waals surface area contributed by atoms with Crippen molar-refractivity contribution in [3.8, 4) is 5.75 Å². The number of carbonyl (C=O) groups is 1. The second-order valence-electron chi connectivity index (χ2n) is 7.81. The van der Waals surface area contributed by atoms with Crippen LogP contribution in [0.3, 0.4) is 0 Å². The van der Waals surface area contributed by atoms with Crippen LogP contribution < -0.4 is 20.7 Å². The van der Waals surface area contributed by atoms with Crippen LogP contribution in [0.1, 0.15) is 34.8 Å². The van der Waals surface area contributed by atoms with Crippen molar-refractivity contribution >= 4 is 27.5 Å². The van der Waals surface area contributed by atoms with Gasteiger partial charge in [0, 0.05) is 32.3 Å². The van der Waals surface area contributed by atoms with Gasteiger partial charge in [-0.1, -0.05) is 6.07 Å². The summed E-state index contributed by atoms with van der Waals surface area (Å²) < 4.78 is 19.4. The van der Waals surface area contributed by atoms with Gasteiger partial charge >= 0.3 is 0 Å². The molecule has 4 N–H and O–H groups in total. The average Bonchev–Trinajstić information content (AvgIpc) is 3.13. The zero-order valence-electron chi connectivity index (χ0n) is 17.7. The number of primary amides is 1. The Morgan fingerprint density at radius 2 is 2.19 bits per heavy atom. The maximum atomic E-state index is 13.1. The number of aliphatic hydroxyl groups is 1. The van der Waals surface area contributed by atoms with Crippen LogP contribution in [0.5, 0.6) is 5.75 Å². The molecule has 6 nitrogen and oxygen atoms in total. The Kier molecular flexibility index (Phi) is 8.28. The molecule has 0 spiro atoms. The van der Waals surface area contributed by atoms with Crippen molar-refractivity contribution in [2.45, 2.75) is 32.2 Å². The predicted octanol–water partition coefficient (Wildman–Crippen LogP) is 3.03. The van der Waals surface area contributed by atoms with E-state index in [0.717, 1.165) is 36.2 Å². The average molecular weight is 494 g/mol. The van der Waals surface area contributed by atoms with Crippen LogP contribution in [0.15, 0.2) is 34.8 Å². The lowest BCUT2D eigenvalue weighted by Crippen LogP contribution is -2.32. The van der Waals surface area contributed by atoms with Crippen LogP contribution in [-0.2, 0) is 12.8 Å². The number of anilines is 1. The molecule has 0 unspecified atom stereocenters. The van der Waals surface area contributed by atoms with E-state index in [1.165, 1.54) is 12.1 Å². The number of rotatable bonds is 11. The minimum absolute atomic E-state index is 0.126. The molecule has 1 atom stereocenters. The summed E-state index contributed by atoms with van der Waals surface area (Å²) in [6.45, 7) is 4.84. The Morgan fingerprint density at radius 1 is 1.39 bits per heavy atom. The van der Waals surface area contributed by atoms with Crippen molar-refractivity contribution < 1.29 is 19.0 Å². The van der Waals surface area contributed by atoms with E-state index in [2.05, 4.69) is 39.1 Å². The molecule has 3 rings (SSSR count). The van der Waals surface area contributed by atoms with Gasteiger partial charge in [0.05, 0.1) is 15.7 Å². The van der Waals surface area contributed by atoms with E-state index in [9.17, 15) is 9.18 Å². The molecule has 1 heterocycles. The first-order chi connectivity index (χ1) is 14.9. The largest absolute Gasteiger partial charge is 0.491 e. The number of nitrogens with zero attached hydrogens (tertiary/aromatic N) is 1. The summed E-state index contributed by atoms with van der Waals surface area (Å²) in [6, 6.07) is 8.56. The van der Waals surface area contributed by atoms with Crippen molar-refractivity contribution in [2.24, 2.45) is 5.73 Å². The highest BCUT2D eigenvalue weighted by Gasteiger charge is 2.25. The van der Waals surface area contributed by atoms with Gasteiger partial charge in [-0.05, 0) is 77.5 Å². The lowest BCUT2D eigenvalue weighted by Gasteiger charge is -2.22. The lowest BCUT2D eigenvalue weighted by molar-refractivity contribution is 0.100. The SMILES string of the molecule is C[C@H](Cc1cc2c(c(C(N)=O)c1)N(CCCO)CC2)NCCOc1ccc(F)cc1Br. The molecule has 0 saturated heterocycles. The van der Waals surface area contributed by atoms with E-state index in [0.29, 0.717) is 41.9 Å². The molecule has 0 saturated carbocycles. The molecular formula is C23H29BrFN3O3. The summed E-state index contributed by atoms with van der Waals surface area (Å²) in [4.78, 5) is 14.2. The van der Waals surface area contributed by atoms with Gasteiger partial charge in [0.25, 0.3) is 5.91 Å². The molecule has 0 fully saturated rings. The fourth-order valence-electron chi connectivity index (χ4n) is 3.97. The molecule has 8 heteroatoms. The first-order valence-electron chi connectivity index (χ1n) is 10.5. The first kappa shape index (κ1) is 23.5. The molecule has 1 aliphatic rings. The smallest absolute Gasteiger partial charge is 0.250 e. The van der Waals surface area contributed by atoms with Crippen molar-refractivity contribution in [3.05, 3.63) is 57.3 Å². The number of hydrogen-bond donors (Lipinski definition) is 3. The number of carbonyl (C=O) groups excluding carboxylic acids is 1. The number of nitrogens with two attached hydrogens (primary N) is 1. The van der Waals surface area contributed by atoms with E-state index in [-0.39, 0.29) is 18.5 Å². The van der Waals surface area contributed by atoms with Gasteiger partial charge in [0.15, 0.2) is 0 Å². The number of nitrogens with one attached hydrogen (secondary N) is 1. The number of aliphatic hydroxyl groups excluding tert-OH is 1. The molecule has 2 aromatic rings. The lowest BCUT2D eigenvalue weighted by atomic mass is 9.98. The number of fused-ring (bicyclic) bond motifs is 1. The van der Waals surface area contributed by atoms with Gasteiger partial charge in [-0.3, -0.25) is 4.79 Å². The molecule has 1 aliphatic heterocycles. The van der Waals surface area contributed by atoms with Crippen LogP contribution in [-0.4, -0.2) is 49.9 Å². The van der Waals surface area contributed by atoms with Gasteiger partial charge in [-0.15, -0.1) is 0 Å². The predicted molar refractivity (Wildman–Crippen MR) is 123 cm³/mol. The Balaban J connectivity index is 1.57. The Labute approximate surface area is 190 Å². The molecule has 0 aliphatic carbocycles. The standard InChI is InChI=1S/C23H29BrFN3O3/c1-15(27-6-10-31-21-4-3-18(25)14-20(21)24)11-16-12-17-5-8-28(7-2-9-29)22(17)19(13-16)23(26)30/h3-4,12-15,27,29H,2,5-11H2,1H3,(H2,26,30)/t15-/m1/s1. The summed E-state index contributed by atoms with van der Waals surface area (Å²) in [7, 11) is 0. The van der Waals surface area contributed by atoms with E-state index in [4.69, 9.17) is 15.6 Å². The number of hydrogen-bond acceptors (Lipinski definition) is 5. The van der Waals surface area contributed by atoms with Gasteiger partial charge < -0.3 is 25.8 Å². The molecule has 0 aromatic heterocycles. The van der Waals surface area contributed by atoms with Crippen molar-refractivity contribution in [2.75, 3.05) is 37.7 Å². The van der Waals surface area contributed by atoms with Gasteiger partial charge in [0.1, 0.15) is 18.2 Å². The van der Waals surface area contributed by atoms with Crippen molar-refractivity contribution in [3.63, 3.8) is 0 Å². The van der Waals surface area contributed by atoms with Crippen molar-refractivity contribution in [1.29, 1.82) is 0 Å². The second-order valence-corrected chi connectivity index (χ2v) is 8.67. The molecule has 0 radical (unpaired) electrons. The van der Waals surface area contributed by atoms with Gasteiger partial charge in [0.2, 0.25) is 0 Å². The summed E-state index contributed by atoms with van der Waals surface area (Å²) in [5.41, 5.74) is 9.36. The van der Waals surface area contributed by atoms with Crippen molar-refractivity contribution in [1.82, 2.24) is 5.32 Å². The maximum absolute atomic E-state index is 13.1. The highest BCUT2D eigenvalue weighted by molar-refractivity contribution is 9.10. The fourth-order valence-corrected chi connectivity index (χ4v) is 4.43. The molecule has 31 heavy (non-hydrogen) atoms. The molecular weight excluding hydrogens is 465 g/mol. The third-order valence-electron chi connectivity index (χ3n) is 5.36. The summed E-state index contributed by atoms with van der Waals surface area (Å²) in [6.07, 6.45) is 2.29. The first-order valence-corrected chi connectivity index (χ1v) is 11.3. The fraction of sp³-hybridized carbons (Fsp3) is 0.435. The van der Waals surface area contributed by atoms with Crippen LogP contribution in [0.4, 0.5) is 10.1 Å². The second kappa shape index (κ2) is 10.9. The van der Waals surface area contributed by atoms with Crippen LogP contribution in [0.25, 0.3) is 0 Å². The van der Waals surface area contributed by atoms with E-state index >= 15 is 0 Å². The van der Waals surface area contributed by atoms with E-state index < -0.39 is 5.91 Å². The van der Waals surface area contributed by atoms with Crippen LogP contribution in [0, 0.1) is 5.82 Å². The molecule has 2 aromatic carbocycles. The zero-order valence-corrected chi connectivity index (χ0v) is 19.3. The van der Waals surface area contributed by atoms with E-state index in [1.54, 1.807) is 6.07 Å². The van der Waals surface area contributed by atoms with Gasteiger partial charge in [-0.2, -0.15) is 0 Å². The zero-order chi connectivity index (χ0) is 22.4. The highest BCUT2D eigenvalue weighted by atomic mass is 79.9. The van der Waals surface area contributed by atoms with Crippen LogP contribution in [0.2, 0.25) is 0 Å². The van der Waals surface area contributed by atoms with Crippen LogP contribution >= 0.6 is 15.9 Å². The Bertz CT molecular complexity index is 925. The topological polar surface area (TPSA) is 87.8 Å². The number of ether oxygens (including phenoxy) is 1. The number of benzene rings is 2. The Hall–Kier alpha value is -2.16.